The zero-order valence-corrected chi connectivity index (χ0v) is 16.0. The van der Waals surface area contributed by atoms with Gasteiger partial charge >= 0.3 is 0 Å². The first-order chi connectivity index (χ1) is 13.9. The molecule has 3 aromatic carbocycles. The van der Waals surface area contributed by atoms with E-state index in [2.05, 4.69) is 5.32 Å². The van der Waals surface area contributed by atoms with Crippen molar-refractivity contribution in [2.45, 2.75) is 13.8 Å². The van der Waals surface area contributed by atoms with E-state index in [1.165, 1.54) is 12.1 Å². The van der Waals surface area contributed by atoms with Gasteiger partial charge < -0.3 is 9.73 Å². The van der Waals surface area contributed by atoms with Crippen LogP contribution in [0.25, 0.3) is 11.0 Å². The summed E-state index contributed by atoms with van der Waals surface area (Å²) in [6.07, 6.45) is 0. The molecule has 4 rings (SSSR count). The number of fused-ring (bicyclic) bond motifs is 1. The fourth-order valence-corrected chi connectivity index (χ4v) is 3.17. The van der Waals surface area contributed by atoms with Gasteiger partial charge in [0.25, 0.3) is 5.91 Å². The number of carbonyl (C=O) groups is 2. The summed E-state index contributed by atoms with van der Waals surface area (Å²) in [7, 11) is 0. The number of furan rings is 1. The Hall–Kier alpha value is -3.73. The molecule has 0 radical (unpaired) electrons. The van der Waals surface area contributed by atoms with Gasteiger partial charge in [-0.05, 0) is 49.7 Å². The van der Waals surface area contributed by atoms with Crippen molar-refractivity contribution < 1.29 is 18.4 Å². The number of hydrogen-bond donors (Lipinski definition) is 1. The molecule has 0 aliphatic rings. The third-order valence-electron chi connectivity index (χ3n) is 4.75. The quantitative estimate of drug-likeness (QED) is 0.459. The first-order valence-electron chi connectivity index (χ1n) is 9.14. The van der Waals surface area contributed by atoms with Crippen molar-refractivity contribution in [2.75, 3.05) is 5.32 Å². The largest absolute Gasteiger partial charge is 0.450 e. The zero-order chi connectivity index (χ0) is 20.5. The lowest BCUT2D eigenvalue weighted by Crippen LogP contribution is -2.14. The fourth-order valence-electron chi connectivity index (χ4n) is 3.17. The van der Waals surface area contributed by atoms with Crippen molar-refractivity contribution in [3.05, 3.63) is 101 Å². The van der Waals surface area contributed by atoms with Gasteiger partial charge in [0, 0.05) is 16.5 Å². The number of amides is 1. The Morgan fingerprint density at radius 2 is 1.69 bits per heavy atom. The Morgan fingerprint density at radius 3 is 2.45 bits per heavy atom. The van der Waals surface area contributed by atoms with E-state index >= 15 is 0 Å². The molecule has 144 valence electrons. The topological polar surface area (TPSA) is 59.3 Å². The maximum atomic E-state index is 14.0. The number of ketones is 1. The van der Waals surface area contributed by atoms with Crippen LogP contribution in [0.4, 0.5) is 10.1 Å². The molecule has 1 amide bonds. The van der Waals surface area contributed by atoms with E-state index in [0.29, 0.717) is 22.1 Å². The summed E-state index contributed by atoms with van der Waals surface area (Å²) in [5, 5.41) is 3.41. The lowest BCUT2D eigenvalue weighted by Gasteiger charge is -2.07. The highest BCUT2D eigenvalue weighted by atomic mass is 19.1. The molecule has 4 aromatic rings. The molecular weight excluding hydrogens is 369 g/mol. The van der Waals surface area contributed by atoms with E-state index in [1.54, 1.807) is 55.5 Å². The van der Waals surface area contributed by atoms with Gasteiger partial charge in [-0.25, -0.2) is 4.39 Å². The number of benzene rings is 3. The molecule has 0 aliphatic carbocycles. The minimum atomic E-state index is -0.500. The Balaban J connectivity index is 1.79. The molecule has 0 atom stereocenters. The lowest BCUT2D eigenvalue weighted by molar-refractivity contribution is 0.101. The van der Waals surface area contributed by atoms with E-state index in [1.807, 2.05) is 13.0 Å². The highest BCUT2D eigenvalue weighted by Gasteiger charge is 2.24. The van der Waals surface area contributed by atoms with E-state index in [9.17, 15) is 14.0 Å². The van der Waals surface area contributed by atoms with Crippen LogP contribution in [-0.2, 0) is 0 Å². The molecule has 0 aliphatic heterocycles. The van der Waals surface area contributed by atoms with Gasteiger partial charge in [0.15, 0.2) is 5.76 Å². The van der Waals surface area contributed by atoms with Crippen LogP contribution in [0.15, 0.2) is 71.1 Å². The molecule has 0 saturated heterocycles. The van der Waals surface area contributed by atoms with Crippen molar-refractivity contribution in [2.24, 2.45) is 0 Å². The van der Waals surface area contributed by atoms with E-state index in [0.717, 1.165) is 5.56 Å². The molecule has 1 N–H and O–H groups in total. The van der Waals surface area contributed by atoms with Crippen molar-refractivity contribution in [3.63, 3.8) is 0 Å². The molecule has 0 spiro atoms. The Labute approximate surface area is 167 Å². The van der Waals surface area contributed by atoms with Gasteiger partial charge in [-0.3, -0.25) is 9.59 Å². The molecule has 0 bridgehead atoms. The van der Waals surface area contributed by atoms with Crippen LogP contribution in [0.2, 0.25) is 0 Å². The third kappa shape index (κ3) is 3.55. The standard InChI is InChI=1S/C24H18FNO3/c1-14-6-5-7-17(12-14)24(28)26-21-18-8-3-4-9-20(18)29-23(21)22(27)16-11-10-15(2)19(25)13-16/h3-13H,1-2H3,(H,26,28). The van der Waals surface area contributed by atoms with Gasteiger partial charge in [-0.1, -0.05) is 42.0 Å². The summed E-state index contributed by atoms with van der Waals surface area (Å²) in [6.45, 7) is 3.52. The number of halogens is 1. The maximum absolute atomic E-state index is 14.0. The van der Waals surface area contributed by atoms with Gasteiger partial charge in [0.2, 0.25) is 5.78 Å². The van der Waals surface area contributed by atoms with Crippen LogP contribution >= 0.6 is 0 Å². The van der Waals surface area contributed by atoms with Crippen molar-refractivity contribution in [1.82, 2.24) is 0 Å². The number of aryl methyl sites for hydroxylation is 2. The zero-order valence-electron chi connectivity index (χ0n) is 16.0. The second-order valence-corrected chi connectivity index (χ2v) is 6.92. The number of para-hydroxylation sites is 1. The highest BCUT2D eigenvalue weighted by molar-refractivity contribution is 6.18. The molecule has 29 heavy (non-hydrogen) atoms. The summed E-state index contributed by atoms with van der Waals surface area (Å²) in [5.74, 6) is -1.36. The predicted octanol–water partition coefficient (Wildman–Crippen LogP) is 5.67. The van der Waals surface area contributed by atoms with Crippen molar-refractivity contribution in [3.8, 4) is 0 Å². The van der Waals surface area contributed by atoms with Crippen LogP contribution < -0.4 is 5.32 Å². The van der Waals surface area contributed by atoms with Gasteiger partial charge in [-0.2, -0.15) is 0 Å². The first-order valence-corrected chi connectivity index (χ1v) is 9.14. The van der Waals surface area contributed by atoms with Crippen LogP contribution in [0, 0.1) is 19.7 Å². The highest BCUT2D eigenvalue weighted by Crippen LogP contribution is 2.33. The molecule has 1 aromatic heterocycles. The number of rotatable bonds is 4. The summed E-state index contributed by atoms with van der Waals surface area (Å²) in [5.41, 5.74) is 2.74. The monoisotopic (exact) mass is 387 g/mol. The number of hydrogen-bond acceptors (Lipinski definition) is 3. The average molecular weight is 387 g/mol. The Kier molecular flexibility index (Phi) is 4.72. The molecule has 4 nitrogen and oxygen atoms in total. The smallest absolute Gasteiger partial charge is 0.255 e. The molecule has 0 saturated carbocycles. The number of carbonyl (C=O) groups excluding carboxylic acids is 2. The molecule has 5 heteroatoms. The molecule has 1 heterocycles. The fraction of sp³-hybridized carbons (Fsp3) is 0.0833. The summed E-state index contributed by atoms with van der Waals surface area (Å²) >= 11 is 0. The average Bonchev–Trinajstić information content (AvgIpc) is 3.08. The second kappa shape index (κ2) is 7.36. The van der Waals surface area contributed by atoms with E-state index < -0.39 is 11.6 Å². The number of nitrogens with one attached hydrogen (secondary N) is 1. The minimum absolute atomic E-state index is 0.0320. The Morgan fingerprint density at radius 1 is 0.897 bits per heavy atom. The van der Waals surface area contributed by atoms with E-state index in [4.69, 9.17) is 4.42 Å². The minimum Gasteiger partial charge on any atom is -0.450 e. The number of anilines is 1. The Bertz CT molecular complexity index is 1260. The first kappa shape index (κ1) is 18.6. The van der Waals surface area contributed by atoms with E-state index in [-0.39, 0.29) is 22.9 Å². The van der Waals surface area contributed by atoms with Gasteiger partial charge in [-0.15, -0.1) is 0 Å². The van der Waals surface area contributed by atoms with Crippen LogP contribution in [0.3, 0.4) is 0 Å². The second-order valence-electron chi connectivity index (χ2n) is 6.92. The maximum Gasteiger partial charge on any atom is 0.255 e. The summed E-state index contributed by atoms with van der Waals surface area (Å²) in [6, 6.07) is 18.4. The summed E-state index contributed by atoms with van der Waals surface area (Å²) in [4.78, 5) is 25.9. The van der Waals surface area contributed by atoms with Gasteiger partial charge in [0.1, 0.15) is 11.4 Å². The van der Waals surface area contributed by atoms with Crippen molar-refractivity contribution in [1.29, 1.82) is 0 Å². The van der Waals surface area contributed by atoms with Crippen LogP contribution in [0.5, 0.6) is 0 Å². The molecule has 0 unspecified atom stereocenters. The van der Waals surface area contributed by atoms with Crippen LogP contribution in [-0.4, -0.2) is 11.7 Å². The van der Waals surface area contributed by atoms with Crippen LogP contribution in [0.1, 0.15) is 37.6 Å². The van der Waals surface area contributed by atoms with Gasteiger partial charge in [0.05, 0.1) is 5.69 Å². The SMILES string of the molecule is Cc1cccc(C(=O)Nc2c(C(=O)c3ccc(C)c(F)c3)oc3ccccc23)c1. The lowest BCUT2D eigenvalue weighted by atomic mass is 10.0. The molecule has 0 fully saturated rings. The summed E-state index contributed by atoms with van der Waals surface area (Å²) < 4.78 is 19.7. The van der Waals surface area contributed by atoms with Crippen molar-refractivity contribution >= 4 is 28.3 Å². The third-order valence-corrected chi connectivity index (χ3v) is 4.75. The molecular formula is C24H18FNO3. The predicted molar refractivity (Wildman–Crippen MR) is 110 cm³/mol. The normalized spacial score (nSPS) is 10.9.